The minimum Gasteiger partial charge on any atom is -0.496 e. The third-order valence-corrected chi connectivity index (χ3v) is 4.36. The molecular weight excluding hydrogens is 292 g/mol. The molecule has 0 aliphatic rings. The van der Waals surface area contributed by atoms with Crippen molar-refractivity contribution in [3.63, 3.8) is 0 Å². The molecule has 20 heavy (non-hydrogen) atoms. The molecule has 5 heteroatoms. The number of aryl methyl sites for hydroxylation is 1. The van der Waals surface area contributed by atoms with E-state index in [9.17, 15) is 0 Å². The molecule has 0 aliphatic heterocycles. The van der Waals surface area contributed by atoms with Gasteiger partial charge < -0.3 is 10.1 Å². The molecule has 0 fully saturated rings. The summed E-state index contributed by atoms with van der Waals surface area (Å²) in [6.07, 6.45) is 2.10. The van der Waals surface area contributed by atoms with E-state index in [1.165, 1.54) is 10.6 Å². The number of ether oxygens (including phenoxy) is 1. The van der Waals surface area contributed by atoms with Crippen LogP contribution in [-0.2, 0) is 13.0 Å². The first kappa shape index (κ1) is 15.3. The number of halogens is 1. The molecule has 0 aliphatic carbocycles. The van der Waals surface area contributed by atoms with Gasteiger partial charge in [-0.15, -0.1) is 11.3 Å². The van der Waals surface area contributed by atoms with Gasteiger partial charge in [0.25, 0.3) is 0 Å². The summed E-state index contributed by atoms with van der Waals surface area (Å²) in [6, 6.07) is 5.67. The van der Waals surface area contributed by atoms with Gasteiger partial charge >= 0.3 is 0 Å². The number of benzene rings is 1. The van der Waals surface area contributed by atoms with Crippen molar-refractivity contribution in [3.05, 3.63) is 33.8 Å². The third kappa shape index (κ3) is 3.32. The Morgan fingerprint density at radius 2 is 2.20 bits per heavy atom. The van der Waals surface area contributed by atoms with E-state index in [-0.39, 0.29) is 0 Å². The van der Waals surface area contributed by atoms with Crippen molar-refractivity contribution >= 4 is 22.9 Å². The maximum Gasteiger partial charge on any atom is 0.130 e. The van der Waals surface area contributed by atoms with Gasteiger partial charge in [-0.05, 0) is 31.7 Å². The van der Waals surface area contributed by atoms with E-state index in [2.05, 4.69) is 12.2 Å². The number of rotatable bonds is 6. The molecule has 0 atom stereocenters. The largest absolute Gasteiger partial charge is 0.496 e. The van der Waals surface area contributed by atoms with Crippen molar-refractivity contribution in [2.75, 3.05) is 14.2 Å². The Balaban J connectivity index is 2.44. The first-order valence-corrected chi connectivity index (χ1v) is 7.86. The van der Waals surface area contributed by atoms with Crippen molar-refractivity contribution in [2.45, 2.75) is 26.3 Å². The SMILES string of the molecule is CCCc1nc(-c2ccc(Cl)cc2OC)sc1CNC. The van der Waals surface area contributed by atoms with Gasteiger partial charge in [-0.1, -0.05) is 24.9 Å². The number of nitrogens with zero attached hydrogens (tertiary/aromatic N) is 1. The highest BCUT2D eigenvalue weighted by atomic mass is 35.5. The van der Waals surface area contributed by atoms with Crippen LogP contribution in [0.5, 0.6) is 5.75 Å². The number of hydrogen-bond acceptors (Lipinski definition) is 4. The lowest BCUT2D eigenvalue weighted by atomic mass is 10.2. The lowest BCUT2D eigenvalue weighted by molar-refractivity contribution is 0.416. The fourth-order valence-electron chi connectivity index (χ4n) is 2.07. The molecule has 1 heterocycles. The molecule has 3 nitrogen and oxygen atoms in total. The summed E-state index contributed by atoms with van der Waals surface area (Å²) in [5.74, 6) is 0.769. The van der Waals surface area contributed by atoms with E-state index < -0.39 is 0 Å². The predicted molar refractivity (Wildman–Crippen MR) is 85.9 cm³/mol. The predicted octanol–water partition coefficient (Wildman–Crippen LogP) is 4.14. The molecule has 0 amide bonds. The Bertz CT molecular complexity index is 560. The smallest absolute Gasteiger partial charge is 0.130 e. The highest BCUT2D eigenvalue weighted by Gasteiger charge is 2.15. The van der Waals surface area contributed by atoms with Crippen LogP contribution in [0.1, 0.15) is 23.9 Å². The first-order chi connectivity index (χ1) is 9.69. The number of thiazole rings is 1. The van der Waals surface area contributed by atoms with Crippen molar-refractivity contribution in [1.29, 1.82) is 0 Å². The van der Waals surface area contributed by atoms with Gasteiger partial charge in [-0.3, -0.25) is 0 Å². The van der Waals surface area contributed by atoms with Gasteiger partial charge in [0.15, 0.2) is 0 Å². The van der Waals surface area contributed by atoms with Crippen LogP contribution in [-0.4, -0.2) is 19.1 Å². The second-order valence-electron chi connectivity index (χ2n) is 4.51. The summed E-state index contributed by atoms with van der Waals surface area (Å²) < 4.78 is 5.42. The molecule has 2 rings (SSSR count). The monoisotopic (exact) mass is 310 g/mol. The van der Waals surface area contributed by atoms with Crippen LogP contribution in [0, 0.1) is 0 Å². The number of nitrogens with one attached hydrogen (secondary N) is 1. The van der Waals surface area contributed by atoms with Gasteiger partial charge in [0.2, 0.25) is 0 Å². The molecule has 0 radical (unpaired) electrons. The summed E-state index contributed by atoms with van der Waals surface area (Å²) in [4.78, 5) is 6.08. The van der Waals surface area contributed by atoms with Crippen molar-refractivity contribution in [2.24, 2.45) is 0 Å². The Hall–Kier alpha value is -1.10. The Kier molecular flexibility index (Phi) is 5.40. The van der Waals surface area contributed by atoms with E-state index in [1.807, 2.05) is 25.2 Å². The Morgan fingerprint density at radius 1 is 1.40 bits per heavy atom. The van der Waals surface area contributed by atoms with E-state index in [4.69, 9.17) is 21.3 Å². The number of methoxy groups -OCH3 is 1. The minimum absolute atomic E-state index is 0.673. The van der Waals surface area contributed by atoms with Crippen molar-refractivity contribution < 1.29 is 4.74 Å². The summed E-state index contributed by atoms with van der Waals surface area (Å²) in [5.41, 5.74) is 2.18. The molecule has 108 valence electrons. The molecule has 0 spiro atoms. The lowest BCUT2D eigenvalue weighted by Gasteiger charge is -2.05. The molecule has 0 unspecified atom stereocenters. The molecule has 0 saturated carbocycles. The Morgan fingerprint density at radius 3 is 2.85 bits per heavy atom. The average molecular weight is 311 g/mol. The van der Waals surface area contributed by atoms with E-state index in [0.29, 0.717) is 5.02 Å². The van der Waals surface area contributed by atoms with Gasteiger partial charge in [-0.25, -0.2) is 4.98 Å². The summed E-state index contributed by atoms with van der Waals surface area (Å²) in [5, 5.41) is 4.87. The first-order valence-electron chi connectivity index (χ1n) is 6.66. The fraction of sp³-hybridized carbons (Fsp3) is 0.400. The zero-order valence-corrected chi connectivity index (χ0v) is 13.6. The minimum atomic E-state index is 0.673. The van der Waals surface area contributed by atoms with Crippen molar-refractivity contribution in [1.82, 2.24) is 10.3 Å². The average Bonchev–Trinajstić information content (AvgIpc) is 2.82. The molecule has 1 aromatic heterocycles. The summed E-state index contributed by atoms with van der Waals surface area (Å²) in [6.45, 7) is 3.02. The molecule has 0 saturated heterocycles. The third-order valence-electron chi connectivity index (χ3n) is 3.00. The van der Waals surface area contributed by atoms with Crippen LogP contribution in [0.15, 0.2) is 18.2 Å². The van der Waals surface area contributed by atoms with E-state index in [0.717, 1.165) is 35.7 Å². The standard InChI is InChI=1S/C15H19ClN2OS/c1-4-5-12-14(9-17-2)20-15(18-12)11-7-6-10(16)8-13(11)19-3/h6-8,17H,4-5,9H2,1-3H3. The highest BCUT2D eigenvalue weighted by Crippen LogP contribution is 2.36. The number of aromatic nitrogens is 1. The van der Waals surface area contributed by atoms with Crippen LogP contribution in [0.25, 0.3) is 10.6 Å². The molecule has 1 N–H and O–H groups in total. The summed E-state index contributed by atoms with van der Waals surface area (Å²) >= 11 is 7.73. The van der Waals surface area contributed by atoms with Gasteiger partial charge in [0, 0.05) is 16.4 Å². The lowest BCUT2D eigenvalue weighted by Crippen LogP contribution is -2.05. The van der Waals surface area contributed by atoms with Gasteiger partial charge in [-0.2, -0.15) is 0 Å². The quantitative estimate of drug-likeness (QED) is 0.870. The zero-order chi connectivity index (χ0) is 14.5. The Labute approximate surface area is 129 Å². The van der Waals surface area contributed by atoms with Crippen LogP contribution in [0.3, 0.4) is 0 Å². The topological polar surface area (TPSA) is 34.1 Å². The van der Waals surface area contributed by atoms with Crippen LogP contribution in [0.4, 0.5) is 0 Å². The summed E-state index contributed by atoms with van der Waals surface area (Å²) in [7, 11) is 3.61. The van der Waals surface area contributed by atoms with Gasteiger partial charge in [0.05, 0.1) is 18.4 Å². The van der Waals surface area contributed by atoms with E-state index >= 15 is 0 Å². The maximum absolute atomic E-state index is 6.01. The highest BCUT2D eigenvalue weighted by molar-refractivity contribution is 7.15. The second-order valence-corrected chi connectivity index (χ2v) is 6.03. The van der Waals surface area contributed by atoms with E-state index in [1.54, 1.807) is 18.4 Å². The molecule has 2 aromatic rings. The van der Waals surface area contributed by atoms with Crippen LogP contribution in [0.2, 0.25) is 5.02 Å². The zero-order valence-electron chi connectivity index (χ0n) is 12.0. The van der Waals surface area contributed by atoms with Crippen LogP contribution < -0.4 is 10.1 Å². The molecular formula is C15H19ClN2OS. The number of hydrogen-bond donors (Lipinski definition) is 1. The fourth-order valence-corrected chi connectivity index (χ4v) is 3.38. The maximum atomic E-state index is 6.01. The van der Waals surface area contributed by atoms with Gasteiger partial charge in [0.1, 0.15) is 10.8 Å². The second kappa shape index (κ2) is 7.07. The van der Waals surface area contributed by atoms with Crippen LogP contribution >= 0.6 is 22.9 Å². The molecule has 0 bridgehead atoms. The van der Waals surface area contributed by atoms with Crippen molar-refractivity contribution in [3.8, 4) is 16.3 Å². The normalized spacial score (nSPS) is 10.8. The molecule has 1 aromatic carbocycles.